The Balaban J connectivity index is 2.13. The Morgan fingerprint density at radius 1 is 1.50 bits per heavy atom. The van der Waals surface area contributed by atoms with Crippen LogP contribution in [0.4, 0.5) is 4.79 Å². The lowest BCUT2D eigenvalue weighted by Crippen LogP contribution is -2.34. The second-order valence-electron chi connectivity index (χ2n) is 5.65. The summed E-state index contributed by atoms with van der Waals surface area (Å²) in [5, 5.41) is 2.32. The van der Waals surface area contributed by atoms with Gasteiger partial charge >= 0.3 is 17.8 Å². The van der Waals surface area contributed by atoms with Crippen molar-refractivity contribution in [2.24, 2.45) is 0 Å². The maximum absolute atomic E-state index is 12.0. The number of hydrogen-bond donors (Lipinski definition) is 2. The number of esters is 1. The van der Waals surface area contributed by atoms with Crippen LogP contribution in [0, 0.1) is 19.3 Å². The summed E-state index contributed by atoms with van der Waals surface area (Å²) in [5.41, 5.74) is -0.822. The van der Waals surface area contributed by atoms with E-state index in [9.17, 15) is 19.2 Å². The highest BCUT2D eigenvalue weighted by Crippen LogP contribution is 2.30. The summed E-state index contributed by atoms with van der Waals surface area (Å²) in [7, 11) is 0. The summed E-state index contributed by atoms with van der Waals surface area (Å²) in [6.07, 6.45) is 3.52. The number of nitrogens with zero attached hydrogens (tertiary/aromatic N) is 1. The highest BCUT2D eigenvalue weighted by molar-refractivity contribution is 5.67. The van der Waals surface area contributed by atoms with Gasteiger partial charge in [-0.3, -0.25) is 19.1 Å². The molecule has 1 aliphatic rings. The number of carbonyl (C=O) groups excluding carboxylic acids is 2. The van der Waals surface area contributed by atoms with Crippen LogP contribution in [-0.2, 0) is 19.0 Å². The Kier molecular flexibility index (Phi) is 6.19. The standard InChI is InChI=1S/C16H19N3O7/c1-4-5-17-16(23)24-8-12-11(25-10(3)20)6-13(26-12)19-7-9(2)14(21)18-15(19)22/h1,7,11-13H,5-6,8H2,2-3H3,(H,17,23)(H,18,21,22)/t11-,12-,13-/m1/s1. The predicted molar refractivity (Wildman–Crippen MR) is 88.3 cm³/mol. The van der Waals surface area contributed by atoms with E-state index in [-0.39, 0.29) is 19.6 Å². The van der Waals surface area contributed by atoms with Gasteiger partial charge in [-0.05, 0) is 6.92 Å². The lowest BCUT2D eigenvalue weighted by Gasteiger charge is -2.18. The number of H-pyrrole nitrogens is 1. The van der Waals surface area contributed by atoms with Gasteiger partial charge in [-0.25, -0.2) is 9.59 Å². The van der Waals surface area contributed by atoms with Gasteiger partial charge in [0.1, 0.15) is 25.0 Å². The molecule has 3 atom stereocenters. The summed E-state index contributed by atoms with van der Waals surface area (Å²) >= 11 is 0. The van der Waals surface area contributed by atoms with Crippen LogP contribution in [0.5, 0.6) is 0 Å². The molecule has 0 saturated carbocycles. The molecule has 1 amide bonds. The second-order valence-corrected chi connectivity index (χ2v) is 5.65. The minimum absolute atomic E-state index is 0.00635. The van der Waals surface area contributed by atoms with E-state index in [1.807, 2.05) is 0 Å². The molecule has 0 bridgehead atoms. The van der Waals surface area contributed by atoms with Crippen LogP contribution < -0.4 is 16.6 Å². The Morgan fingerprint density at radius 2 is 2.23 bits per heavy atom. The molecule has 140 valence electrons. The van der Waals surface area contributed by atoms with E-state index in [0.717, 1.165) is 0 Å². The molecule has 1 aromatic rings. The van der Waals surface area contributed by atoms with E-state index >= 15 is 0 Å². The molecule has 0 spiro atoms. The van der Waals surface area contributed by atoms with Gasteiger partial charge in [0.2, 0.25) is 0 Å². The average molecular weight is 365 g/mol. The smallest absolute Gasteiger partial charge is 0.407 e. The van der Waals surface area contributed by atoms with Crippen LogP contribution in [0.15, 0.2) is 15.8 Å². The van der Waals surface area contributed by atoms with Crippen molar-refractivity contribution in [3.63, 3.8) is 0 Å². The van der Waals surface area contributed by atoms with E-state index in [1.165, 1.54) is 17.7 Å². The Bertz CT molecular complexity index is 835. The van der Waals surface area contributed by atoms with Gasteiger partial charge in [-0.2, -0.15) is 0 Å². The van der Waals surface area contributed by atoms with Gasteiger partial charge < -0.3 is 19.5 Å². The molecule has 10 heteroatoms. The average Bonchev–Trinajstić information content (AvgIpc) is 2.96. The highest BCUT2D eigenvalue weighted by atomic mass is 16.6. The van der Waals surface area contributed by atoms with E-state index in [2.05, 4.69) is 16.2 Å². The van der Waals surface area contributed by atoms with Crippen molar-refractivity contribution in [1.82, 2.24) is 14.9 Å². The molecule has 1 aliphatic heterocycles. The van der Waals surface area contributed by atoms with Crippen LogP contribution in [0.3, 0.4) is 0 Å². The molecule has 2 rings (SSSR count). The number of carbonyl (C=O) groups is 2. The lowest BCUT2D eigenvalue weighted by atomic mass is 10.2. The number of hydrogen-bond acceptors (Lipinski definition) is 7. The SMILES string of the molecule is C#CCNC(=O)OC[C@H]1O[C@@H](n2cc(C)c(=O)[nH]c2=O)C[C@H]1OC(C)=O. The van der Waals surface area contributed by atoms with E-state index in [4.69, 9.17) is 20.6 Å². The van der Waals surface area contributed by atoms with Gasteiger partial charge in [0.05, 0.1) is 6.54 Å². The molecule has 0 aliphatic carbocycles. The third kappa shape index (κ3) is 4.73. The Morgan fingerprint density at radius 3 is 2.88 bits per heavy atom. The van der Waals surface area contributed by atoms with Gasteiger partial charge in [0, 0.05) is 25.1 Å². The number of aromatic nitrogens is 2. The second kappa shape index (κ2) is 8.35. The van der Waals surface area contributed by atoms with Crippen molar-refractivity contribution >= 4 is 12.1 Å². The first-order valence-corrected chi connectivity index (χ1v) is 7.80. The molecule has 0 aromatic carbocycles. The highest BCUT2D eigenvalue weighted by Gasteiger charge is 2.39. The van der Waals surface area contributed by atoms with Gasteiger partial charge in [-0.1, -0.05) is 5.92 Å². The topological polar surface area (TPSA) is 129 Å². The molecular formula is C16H19N3O7. The van der Waals surface area contributed by atoms with Crippen LogP contribution in [0.25, 0.3) is 0 Å². The Labute approximate surface area is 148 Å². The monoisotopic (exact) mass is 365 g/mol. The number of rotatable bonds is 5. The number of aryl methyl sites for hydroxylation is 1. The van der Waals surface area contributed by atoms with Crippen LogP contribution in [-0.4, -0.2) is 47.0 Å². The van der Waals surface area contributed by atoms with Crippen molar-refractivity contribution in [3.05, 3.63) is 32.6 Å². The zero-order valence-electron chi connectivity index (χ0n) is 14.3. The van der Waals surface area contributed by atoms with Gasteiger partial charge in [0.15, 0.2) is 0 Å². The fraction of sp³-hybridized carbons (Fsp3) is 0.500. The zero-order chi connectivity index (χ0) is 19.3. The Hall–Kier alpha value is -3.06. The molecule has 0 unspecified atom stereocenters. The number of nitrogens with one attached hydrogen (secondary N) is 2. The van der Waals surface area contributed by atoms with Gasteiger partial charge in [0.25, 0.3) is 5.56 Å². The third-order valence-corrected chi connectivity index (χ3v) is 3.67. The summed E-state index contributed by atoms with van der Waals surface area (Å²) in [4.78, 5) is 48.5. The van der Waals surface area contributed by atoms with E-state index < -0.39 is 41.7 Å². The van der Waals surface area contributed by atoms with E-state index in [1.54, 1.807) is 6.92 Å². The first-order valence-electron chi connectivity index (χ1n) is 7.80. The van der Waals surface area contributed by atoms with Crippen molar-refractivity contribution in [2.75, 3.05) is 13.2 Å². The number of amides is 1. The van der Waals surface area contributed by atoms with Crippen LogP contribution in [0.1, 0.15) is 25.1 Å². The maximum atomic E-state index is 12.0. The maximum Gasteiger partial charge on any atom is 0.407 e. The number of ether oxygens (including phenoxy) is 3. The van der Waals surface area contributed by atoms with Crippen molar-refractivity contribution < 1.29 is 23.8 Å². The number of terminal acetylenes is 1. The van der Waals surface area contributed by atoms with E-state index in [0.29, 0.717) is 5.56 Å². The minimum atomic E-state index is -0.787. The summed E-state index contributed by atoms with van der Waals surface area (Å²) in [6.45, 7) is 2.58. The largest absolute Gasteiger partial charge is 0.459 e. The fourth-order valence-corrected chi connectivity index (χ4v) is 2.49. The molecule has 26 heavy (non-hydrogen) atoms. The lowest BCUT2D eigenvalue weighted by molar-refractivity contribution is -0.150. The summed E-state index contributed by atoms with van der Waals surface area (Å²) in [5.74, 6) is 1.69. The van der Waals surface area contributed by atoms with Crippen molar-refractivity contribution in [1.29, 1.82) is 0 Å². The summed E-state index contributed by atoms with van der Waals surface area (Å²) < 4.78 is 17.1. The third-order valence-electron chi connectivity index (χ3n) is 3.67. The first-order chi connectivity index (χ1) is 12.3. The quantitative estimate of drug-likeness (QED) is 0.528. The van der Waals surface area contributed by atoms with Gasteiger partial charge in [-0.15, -0.1) is 6.42 Å². The first kappa shape index (κ1) is 19.3. The zero-order valence-corrected chi connectivity index (χ0v) is 14.3. The molecule has 1 aromatic heterocycles. The molecule has 1 saturated heterocycles. The molecule has 0 radical (unpaired) electrons. The number of aromatic amines is 1. The molecule has 2 N–H and O–H groups in total. The molecule has 2 heterocycles. The van der Waals surface area contributed by atoms with Crippen molar-refractivity contribution in [3.8, 4) is 12.3 Å². The van der Waals surface area contributed by atoms with Crippen LogP contribution in [0.2, 0.25) is 0 Å². The number of alkyl carbamates (subject to hydrolysis) is 1. The fourth-order valence-electron chi connectivity index (χ4n) is 2.49. The normalized spacial score (nSPS) is 21.7. The predicted octanol–water partition coefficient (Wildman–Crippen LogP) is -0.576. The van der Waals surface area contributed by atoms with Crippen LogP contribution >= 0.6 is 0 Å². The van der Waals surface area contributed by atoms with Crippen molar-refractivity contribution in [2.45, 2.75) is 38.7 Å². The molecule has 1 fully saturated rings. The molecular weight excluding hydrogens is 346 g/mol. The summed E-state index contributed by atoms with van der Waals surface area (Å²) in [6, 6.07) is 0. The minimum Gasteiger partial charge on any atom is -0.459 e. The molecule has 10 nitrogen and oxygen atoms in total.